The van der Waals surface area contributed by atoms with Crippen molar-refractivity contribution in [1.82, 2.24) is 0 Å². The van der Waals surface area contributed by atoms with Gasteiger partial charge in [-0.2, -0.15) is 0 Å². The lowest BCUT2D eigenvalue weighted by atomic mass is 10.0. The van der Waals surface area contributed by atoms with Gasteiger partial charge in [-0.15, -0.1) is 0 Å². The molecule has 0 saturated heterocycles. The van der Waals surface area contributed by atoms with Gasteiger partial charge in [-0.25, -0.2) is 0 Å². The van der Waals surface area contributed by atoms with E-state index < -0.39 is 6.10 Å². The van der Waals surface area contributed by atoms with Crippen LogP contribution < -0.4 is 0 Å². The van der Waals surface area contributed by atoms with E-state index in [1.54, 1.807) is 0 Å². The zero-order valence-electron chi connectivity index (χ0n) is 53.0. The molecule has 462 valence electrons. The van der Waals surface area contributed by atoms with Crippen LogP contribution in [0.15, 0.2) is 122 Å². The molecule has 0 saturated carbocycles. The van der Waals surface area contributed by atoms with Crippen molar-refractivity contribution < 1.29 is 28.6 Å². The van der Waals surface area contributed by atoms with Gasteiger partial charge in [0.25, 0.3) is 0 Å². The van der Waals surface area contributed by atoms with Crippen LogP contribution in [0.5, 0.6) is 0 Å². The first-order valence-corrected chi connectivity index (χ1v) is 34.0. The van der Waals surface area contributed by atoms with Crippen molar-refractivity contribution in [3.8, 4) is 0 Å². The molecule has 0 aromatic carbocycles. The van der Waals surface area contributed by atoms with Crippen LogP contribution >= 0.6 is 0 Å². The third-order valence-electron chi connectivity index (χ3n) is 14.4. The minimum atomic E-state index is -0.792. The predicted octanol–water partition coefficient (Wildman–Crippen LogP) is 23.6. The predicted molar refractivity (Wildman–Crippen MR) is 353 cm³/mol. The third kappa shape index (κ3) is 66.5. The molecule has 0 aliphatic heterocycles. The molecule has 1 unspecified atom stereocenters. The van der Waals surface area contributed by atoms with Crippen molar-refractivity contribution in [3.05, 3.63) is 122 Å². The highest BCUT2D eigenvalue weighted by Crippen LogP contribution is 2.16. The first-order valence-electron chi connectivity index (χ1n) is 34.0. The van der Waals surface area contributed by atoms with Gasteiger partial charge in [-0.05, 0) is 128 Å². The summed E-state index contributed by atoms with van der Waals surface area (Å²) < 4.78 is 16.9. The molecule has 0 rings (SSSR count). The van der Waals surface area contributed by atoms with E-state index in [4.69, 9.17) is 14.2 Å². The van der Waals surface area contributed by atoms with Gasteiger partial charge < -0.3 is 14.2 Å². The second-order valence-electron chi connectivity index (χ2n) is 22.3. The van der Waals surface area contributed by atoms with Crippen molar-refractivity contribution in [1.29, 1.82) is 0 Å². The molecular weight excluding hydrogens is 997 g/mol. The quantitative estimate of drug-likeness (QED) is 0.0261. The number of esters is 3. The number of unbranched alkanes of at least 4 members (excludes halogenated alkanes) is 30. The Morgan fingerprint density at radius 1 is 0.259 bits per heavy atom. The largest absolute Gasteiger partial charge is 0.462 e. The van der Waals surface area contributed by atoms with E-state index in [0.29, 0.717) is 19.3 Å². The normalized spacial score (nSPS) is 12.9. The van der Waals surface area contributed by atoms with E-state index in [1.807, 2.05) is 0 Å². The maximum atomic E-state index is 12.9. The number of carbonyl (C=O) groups excluding carboxylic acids is 3. The van der Waals surface area contributed by atoms with Gasteiger partial charge in [-0.1, -0.05) is 290 Å². The highest BCUT2D eigenvalue weighted by molar-refractivity contribution is 5.71. The molecule has 0 aromatic heterocycles. The number of carbonyl (C=O) groups is 3. The fourth-order valence-electron chi connectivity index (χ4n) is 9.40. The van der Waals surface area contributed by atoms with Crippen molar-refractivity contribution in [3.63, 3.8) is 0 Å². The topological polar surface area (TPSA) is 78.9 Å². The summed E-state index contributed by atoms with van der Waals surface area (Å²) in [4.78, 5) is 38.3. The van der Waals surface area contributed by atoms with Crippen LogP contribution in [-0.4, -0.2) is 37.2 Å². The van der Waals surface area contributed by atoms with Gasteiger partial charge in [0, 0.05) is 19.3 Å². The van der Waals surface area contributed by atoms with Gasteiger partial charge in [0.1, 0.15) is 13.2 Å². The van der Waals surface area contributed by atoms with E-state index in [2.05, 4.69) is 142 Å². The molecule has 0 spiro atoms. The molecule has 0 bridgehead atoms. The Bertz CT molecular complexity index is 1670. The lowest BCUT2D eigenvalue weighted by molar-refractivity contribution is -0.167. The molecule has 0 heterocycles. The minimum absolute atomic E-state index is 0.0867. The maximum Gasteiger partial charge on any atom is 0.306 e. The summed E-state index contributed by atoms with van der Waals surface area (Å²) >= 11 is 0. The molecule has 0 aliphatic rings. The number of hydrogen-bond acceptors (Lipinski definition) is 6. The molecule has 0 amide bonds. The molecule has 6 heteroatoms. The molecule has 0 fully saturated rings. The second-order valence-corrected chi connectivity index (χ2v) is 22.3. The standard InChI is InChI=1S/C75H126O6/c1-4-7-10-13-16-19-22-25-27-28-29-30-31-32-33-34-35-36-37-38-39-40-41-42-43-44-45-46-48-50-53-56-59-62-65-68-74(77)80-71-72(70-79-73(76)67-64-61-58-55-52-49-24-21-18-15-12-9-6-3)81-75(78)69-66-63-60-57-54-51-47-26-23-20-17-14-11-8-5-2/h7-8,10-11,16-17,19-21,24-27,29-30,32-33,35-36,47,72H,4-6,9,12-15,18,22-23,28,31,34,37-46,48-71H2,1-3H3/b10-7-,11-8-,19-16-,20-17-,24-21-,27-25-,30-29-,33-32-,36-35-,47-26-. The van der Waals surface area contributed by atoms with Crippen LogP contribution in [0.3, 0.4) is 0 Å². The molecular formula is C75H126O6. The zero-order chi connectivity index (χ0) is 58.5. The first-order chi connectivity index (χ1) is 40.0. The van der Waals surface area contributed by atoms with Crippen molar-refractivity contribution in [2.45, 2.75) is 322 Å². The maximum absolute atomic E-state index is 12.9. The number of ether oxygens (including phenoxy) is 3. The van der Waals surface area contributed by atoms with E-state index in [0.717, 1.165) is 141 Å². The molecule has 1 atom stereocenters. The number of hydrogen-bond donors (Lipinski definition) is 0. The van der Waals surface area contributed by atoms with Gasteiger partial charge in [0.05, 0.1) is 0 Å². The van der Waals surface area contributed by atoms with Gasteiger partial charge in [0.2, 0.25) is 0 Å². The highest BCUT2D eigenvalue weighted by Gasteiger charge is 2.19. The fourth-order valence-corrected chi connectivity index (χ4v) is 9.40. The average Bonchev–Trinajstić information content (AvgIpc) is 3.46. The van der Waals surface area contributed by atoms with E-state index in [1.165, 1.54) is 135 Å². The smallest absolute Gasteiger partial charge is 0.306 e. The Morgan fingerprint density at radius 3 is 0.765 bits per heavy atom. The van der Waals surface area contributed by atoms with Crippen molar-refractivity contribution in [2.24, 2.45) is 0 Å². The Morgan fingerprint density at radius 2 is 0.481 bits per heavy atom. The Labute approximate surface area is 501 Å². The summed E-state index contributed by atoms with van der Waals surface area (Å²) in [6.45, 7) is 6.40. The van der Waals surface area contributed by atoms with Gasteiger partial charge >= 0.3 is 17.9 Å². The lowest BCUT2D eigenvalue weighted by Crippen LogP contribution is -2.30. The van der Waals surface area contributed by atoms with Gasteiger partial charge in [-0.3, -0.25) is 14.4 Å². The van der Waals surface area contributed by atoms with Crippen LogP contribution in [-0.2, 0) is 28.6 Å². The van der Waals surface area contributed by atoms with Crippen LogP contribution in [0, 0.1) is 0 Å². The first kappa shape index (κ1) is 76.8. The van der Waals surface area contributed by atoms with Crippen LogP contribution in [0.25, 0.3) is 0 Å². The van der Waals surface area contributed by atoms with Crippen molar-refractivity contribution in [2.75, 3.05) is 13.2 Å². The molecule has 0 N–H and O–H groups in total. The molecule has 0 aromatic rings. The summed E-state index contributed by atoms with van der Waals surface area (Å²) in [6, 6.07) is 0. The summed E-state index contributed by atoms with van der Waals surface area (Å²) in [5.74, 6) is -0.905. The molecule has 6 nitrogen and oxygen atoms in total. The minimum Gasteiger partial charge on any atom is -0.462 e. The van der Waals surface area contributed by atoms with E-state index >= 15 is 0 Å². The monoisotopic (exact) mass is 1120 g/mol. The highest BCUT2D eigenvalue weighted by atomic mass is 16.6. The van der Waals surface area contributed by atoms with Crippen LogP contribution in [0.2, 0.25) is 0 Å². The van der Waals surface area contributed by atoms with E-state index in [-0.39, 0.29) is 31.1 Å². The van der Waals surface area contributed by atoms with Gasteiger partial charge in [0.15, 0.2) is 6.10 Å². The summed E-state index contributed by atoms with van der Waals surface area (Å²) in [7, 11) is 0. The van der Waals surface area contributed by atoms with Crippen molar-refractivity contribution >= 4 is 17.9 Å². The molecule has 0 radical (unpaired) electrons. The zero-order valence-corrected chi connectivity index (χ0v) is 53.0. The van der Waals surface area contributed by atoms with E-state index in [9.17, 15) is 14.4 Å². The Hall–Kier alpha value is -4.19. The average molecular weight is 1120 g/mol. The second kappa shape index (κ2) is 68.3. The molecule has 81 heavy (non-hydrogen) atoms. The summed E-state index contributed by atoms with van der Waals surface area (Å²) in [5.41, 5.74) is 0. The lowest BCUT2D eigenvalue weighted by Gasteiger charge is -2.18. The Kier molecular flexibility index (Phi) is 64.8. The van der Waals surface area contributed by atoms with Crippen LogP contribution in [0.4, 0.5) is 0 Å². The van der Waals surface area contributed by atoms with Crippen LogP contribution in [0.1, 0.15) is 316 Å². The Balaban J connectivity index is 4.16. The number of allylic oxidation sites excluding steroid dienone is 20. The SMILES string of the molecule is CC/C=C\C/C=C\C/C=C\C/C=C\C/C=C\C/C=C\CCCCCCCCCCCCCCCCCCC(=O)OCC(COC(=O)CCCCCCC/C=C\CCCCCC)OC(=O)CCCCCCC/C=C\C/C=C\C/C=C\CC. The summed E-state index contributed by atoms with van der Waals surface area (Å²) in [5, 5.41) is 0. The number of rotatable bonds is 61. The third-order valence-corrected chi connectivity index (χ3v) is 14.4. The summed E-state index contributed by atoms with van der Waals surface area (Å²) in [6.07, 6.45) is 95.1. The molecule has 0 aliphatic carbocycles. The fraction of sp³-hybridized carbons (Fsp3) is 0.693.